The lowest BCUT2D eigenvalue weighted by Crippen LogP contribution is -2.34. The zero-order valence-electron chi connectivity index (χ0n) is 13.8. The molecule has 0 saturated heterocycles. The number of amides is 2. The number of ether oxygens (including phenoxy) is 1. The summed E-state index contributed by atoms with van der Waals surface area (Å²) in [6.45, 7) is 0.974. The van der Waals surface area contributed by atoms with Crippen LogP contribution in [0.15, 0.2) is 35.7 Å². The summed E-state index contributed by atoms with van der Waals surface area (Å²) in [5.41, 5.74) is 0.693. The predicted octanol–water partition coefficient (Wildman–Crippen LogP) is 3.21. The van der Waals surface area contributed by atoms with Crippen molar-refractivity contribution in [2.45, 2.75) is 13.0 Å². The molecule has 2 aromatic rings. The number of halogens is 2. The summed E-state index contributed by atoms with van der Waals surface area (Å²) in [5, 5.41) is 7.77. The molecule has 1 aromatic heterocycles. The van der Waals surface area contributed by atoms with E-state index in [1.807, 2.05) is 0 Å². The van der Waals surface area contributed by atoms with Crippen molar-refractivity contribution in [1.29, 1.82) is 0 Å². The Morgan fingerprint density at radius 2 is 2.00 bits per heavy atom. The standard InChI is InChI=1S/C17H16Cl2N2O4S/c1-10(12-5-4-11(18)7-13(12)19)21-15(22)9-25-16(23)8-20-17(24)14-3-2-6-26-14/h2-7,10H,8-9H2,1H3,(H,20,24)(H,21,22)/t10-/m0/s1. The fourth-order valence-electron chi connectivity index (χ4n) is 2.06. The SMILES string of the molecule is C[C@H](NC(=O)COC(=O)CNC(=O)c1cccs1)c1ccc(Cl)cc1Cl. The van der Waals surface area contributed by atoms with Crippen LogP contribution in [-0.2, 0) is 14.3 Å². The molecule has 1 atom stereocenters. The van der Waals surface area contributed by atoms with E-state index in [1.165, 1.54) is 11.3 Å². The van der Waals surface area contributed by atoms with Crippen molar-refractivity contribution in [3.05, 3.63) is 56.2 Å². The molecule has 0 saturated carbocycles. The first kappa shape index (κ1) is 20.2. The van der Waals surface area contributed by atoms with Crippen LogP contribution in [0.4, 0.5) is 0 Å². The number of carbonyl (C=O) groups excluding carboxylic acids is 3. The number of esters is 1. The molecule has 2 amide bonds. The fraction of sp³-hybridized carbons (Fsp3) is 0.235. The summed E-state index contributed by atoms with van der Waals surface area (Å²) in [4.78, 5) is 35.7. The average molecular weight is 415 g/mol. The number of benzene rings is 1. The largest absolute Gasteiger partial charge is 0.454 e. The minimum atomic E-state index is -0.706. The molecule has 26 heavy (non-hydrogen) atoms. The Balaban J connectivity index is 1.73. The van der Waals surface area contributed by atoms with Gasteiger partial charge in [0, 0.05) is 10.0 Å². The number of carbonyl (C=O) groups is 3. The van der Waals surface area contributed by atoms with Crippen LogP contribution >= 0.6 is 34.5 Å². The van der Waals surface area contributed by atoms with Crippen LogP contribution in [0.3, 0.4) is 0 Å². The molecule has 2 N–H and O–H groups in total. The molecule has 1 heterocycles. The van der Waals surface area contributed by atoms with Crippen LogP contribution in [0.2, 0.25) is 10.0 Å². The Hall–Kier alpha value is -2.09. The second-order valence-electron chi connectivity index (χ2n) is 5.28. The van der Waals surface area contributed by atoms with Crippen molar-refractivity contribution in [2.24, 2.45) is 0 Å². The van der Waals surface area contributed by atoms with Gasteiger partial charge >= 0.3 is 5.97 Å². The Morgan fingerprint density at radius 3 is 2.65 bits per heavy atom. The van der Waals surface area contributed by atoms with Gasteiger partial charge in [0.15, 0.2) is 6.61 Å². The first-order valence-electron chi connectivity index (χ1n) is 7.58. The Kier molecular flexibility index (Phi) is 7.44. The van der Waals surface area contributed by atoms with E-state index >= 15 is 0 Å². The molecule has 6 nitrogen and oxygen atoms in total. The molecule has 138 valence electrons. The van der Waals surface area contributed by atoms with Crippen molar-refractivity contribution in [2.75, 3.05) is 13.2 Å². The number of thiophene rings is 1. The van der Waals surface area contributed by atoms with Gasteiger partial charge in [-0.2, -0.15) is 0 Å². The topological polar surface area (TPSA) is 84.5 Å². The predicted molar refractivity (Wildman–Crippen MR) is 101 cm³/mol. The maximum Gasteiger partial charge on any atom is 0.325 e. The lowest BCUT2D eigenvalue weighted by Gasteiger charge is -2.16. The van der Waals surface area contributed by atoms with Gasteiger partial charge in [-0.1, -0.05) is 35.3 Å². The van der Waals surface area contributed by atoms with Crippen molar-refractivity contribution in [3.63, 3.8) is 0 Å². The maximum absolute atomic E-state index is 11.9. The molecule has 1 aromatic carbocycles. The summed E-state index contributed by atoms with van der Waals surface area (Å²) in [5.74, 6) is -1.56. The number of nitrogens with one attached hydrogen (secondary N) is 2. The summed E-state index contributed by atoms with van der Waals surface area (Å²) < 4.78 is 4.84. The van der Waals surface area contributed by atoms with Crippen molar-refractivity contribution >= 4 is 52.3 Å². The van der Waals surface area contributed by atoms with Gasteiger partial charge in [-0.3, -0.25) is 14.4 Å². The van der Waals surface area contributed by atoms with Gasteiger partial charge < -0.3 is 15.4 Å². The highest BCUT2D eigenvalue weighted by Gasteiger charge is 2.15. The van der Waals surface area contributed by atoms with Crippen molar-refractivity contribution < 1.29 is 19.1 Å². The second kappa shape index (κ2) is 9.56. The fourth-order valence-corrected chi connectivity index (χ4v) is 3.27. The van der Waals surface area contributed by atoms with Gasteiger partial charge in [-0.15, -0.1) is 11.3 Å². The lowest BCUT2D eigenvalue weighted by atomic mass is 10.1. The lowest BCUT2D eigenvalue weighted by molar-refractivity contribution is -0.147. The molecule has 0 aliphatic carbocycles. The van der Waals surface area contributed by atoms with Crippen molar-refractivity contribution in [3.8, 4) is 0 Å². The normalized spacial score (nSPS) is 11.5. The molecule has 0 bridgehead atoms. The van der Waals surface area contributed by atoms with Gasteiger partial charge in [0.1, 0.15) is 6.54 Å². The molecule has 0 unspecified atom stereocenters. The molecule has 0 aliphatic heterocycles. The van der Waals surface area contributed by atoms with Crippen LogP contribution in [0.1, 0.15) is 28.2 Å². The first-order chi connectivity index (χ1) is 12.4. The van der Waals surface area contributed by atoms with E-state index in [-0.39, 0.29) is 18.5 Å². The minimum Gasteiger partial charge on any atom is -0.454 e. The van der Waals surface area contributed by atoms with Crippen molar-refractivity contribution in [1.82, 2.24) is 10.6 Å². The maximum atomic E-state index is 11.9. The van der Waals surface area contributed by atoms with E-state index in [0.29, 0.717) is 20.5 Å². The van der Waals surface area contributed by atoms with Crippen LogP contribution in [0.5, 0.6) is 0 Å². The highest BCUT2D eigenvalue weighted by atomic mass is 35.5. The molecule has 0 spiro atoms. The van der Waals surface area contributed by atoms with E-state index in [9.17, 15) is 14.4 Å². The Morgan fingerprint density at radius 1 is 1.23 bits per heavy atom. The van der Waals surface area contributed by atoms with Gasteiger partial charge in [0.05, 0.1) is 10.9 Å². The third-order valence-electron chi connectivity index (χ3n) is 3.31. The molecule has 0 aliphatic rings. The van der Waals surface area contributed by atoms with Crippen LogP contribution in [-0.4, -0.2) is 30.9 Å². The Bertz CT molecular complexity index is 796. The first-order valence-corrected chi connectivity index (χ1v) is 9.22. The van der Waals surface area contributed by atoms with Gasteiger partial charge in [-0.05, 0) is 36.1 Å². The molecule has 2 rings (SSSR count). The third kappa shape index (κ3) is 6.01. The summed E-state index contributed by atoms with van der Waals surface area (Å²) in [6.07, 6.45) is 0. The number of hydrogen-bond acceptors (Lipinski definition) is 5. The number of rotatable bonds is 7. The molecule has 9 heteroatoms. The van der Waals surface area contributed by atoms with Crippen LogP contribution in [0.25, 0.3) is 0 Å². The number of hydrogen-bond donors (Lipinski definition) is 2. The van der Waals surface area contributed by atoms with Gasteiger partial charge in [0.2, 0.25) is 0 Å². The second-order valence-corrected chi connectivity index (χ2v) is 7.07. The molecular formula is C17H16Cl2N2O4S. The zero-order valence-corrected chi connectivity index (χ0v) is 16.1. The summed E-state index contributed by atoms with van der Waals surface area (Å²) in [6, 6.07) is 7.95. The van der Waals surface area contributed by atoms with E-state index < -0.39 is 18.5 Å². The minimum absolute atomic E-state index is 0.317. The molecule has 0 radical (unpaired) electrons. The quantitative estimate of drug-likeness (QED) is 0.681. The zero-order chi connectivity index (χ0) is 19.1. The van der Waals surface area contributed by atoms with Crippen LogP contribution < -0.4 is 10.6 Å². The summed E-state index contributed by atoms with van der Waals surface area (Å²) in [7, 11) is 0. The van der Waals surface area contributed by atoms with E-state index in [4.69, 9.17) is 27.9 Å². The van der Waals surface area contributed by atoms with E-state index in [1.54, 1.807) is 42.6 Å². The molecule has 0 fully saturated rings. The highest BCUT2D eigenvalue weighted by molar-refractivity contribution is 7.12. The Labute approximate surface area is 164 Å². The highest BCUT2D eigenvalue weighted by Crippen LogP contribution is 2.25. The smallest absolute Gasteiger partial charge is 0.325 e. The van der Waals surface area contributed by atoms with Gasteiger partial charge in [-0.25, -0.2) is 0 Å². The molecular weight excluding hydrogens is 399 g/mol. The van der Waals surface area contributed by atoms with E-state index in [2.05, 4.69) is 10.6 Å². The third-order valence-corrected chi connectivity index (χ3v) is 4.74. The van der Waals surface area contributed by atoms with Gasteiger partial charge in [0.25, 0.3) is 11.8 Å². The van der Waals surface area contributed by atoms with Crippen LogP contribution in [0, 0.1) is 0 Å². The van der Waals surface area contributed by atoms with E-state index in [0.717, 1.165) is 0 Å². The monoisotopic (exact) mass is 414 g/mol. The summed E-state index contributed by atoms with van der Waals surface area (Å²) >= 11 is 13.2. The average Bonchev–Trinajstić information content (AvgIpc) is 3.12.